The van der Waals surface area contributed by atoms with Crippen LogP contribution in [0.3, 0.4) is 0 Å². The van der Waals surface area contributed by atoms with Gasteiger partial charge in [0.1, 0.15) is 11.7 Å². The zero-order chi connectivity index (χ0) is 20.8. The molecule has 3 atom stereocenters. The van der Waals surface area contributed by atoms with Crippen LogP contribution in [-0.2, 0) is 14.4 Å². The Hall–Kier alpha value is -3.22. The molecule has 2 aliphatic rings. The Balaban J connectivity index is 1.59. The third kappa shape index (κ3) is 2.96. The second-order valence-corrected chi connectivity index (χ2v) is 7.64. The van der Waals surface area contributed by atoms with E-state index in [4.69, 9.17) is 16.4 Å². The number of hydrogen-bond acceptors (Lipinski definition) is 4. The molecule has 3 aromatic carbocycles. The minimum atomic E-state index is -0.998. The number of amides is 2. The van der Waals surface area contributed by atoms with Gasteiger partial charge in [-0.15, -0.1) is 0 Å². The summed E-state index contributed by atoms with van der Waals surface area (Å²) in [4.78, 5) is 33.7. The summed E-state index contributed by atoms with van der Waals surface area (Å²) in [6.07, 6.45) is -0.998. The lowest BCUT2D eigenvalue weighted by Gasteiger charge is -2.28. The molecular weight excluding hydrogens is 407 g/mol. The van der Waals surface area contributed by atoms with Crippen molar-refractivity contribution in [1.29, 1.82) is 0 Å². The number of carbonyl (C=O) groups excluding carboxylic acids is 2. The molecule has 0 N–H and O–H groups in total. The summed E-state index contributed by atoms with van der Waals surface area (Å²) in [6, 6.07) is 21.0. The van der Waals surface area contributed by atoms with E-state index in [1.54, 1.807) is 41.5 Å². The van der Waals surface area contributed by atoms with E-state index in [-0.39, 0.29) is 5.91 Å². The second kappa shape index (κ2) is 7.23. The number of anilines is 2. The lowest BCUT2D eigenvalue weighted by Crippen LogP contribution is -2.37. The van der Waals surface area contributed by atoms with Crippen molar-refractivity contribution in [3.63, 3.8) is 0 Å². The molecule has 0 radical (unpaired) electrons. The number of hydroxylamine groups is 1. The van der Waals surface area contributed by atoms with Gasteiger partial charge in [-0.2, -0.15) is 0 Å². The van der Waals surface area contributed by atoms with Gasteiger partial charge >= 0.3 is 0 Å². The molecule has 2 saturated heterocycles. The molecule has 0 saturated carbocycles. The lowest BCUT2D eigenvalue weighted by atomic mass is 9.90. The Labute approximate surface area is 177 Å². The molecule has 3 aromatic rings. The van der Waals surface area contributed by atoms with Gasteiger partial charge in [0.2, 0.25) is 5.91 Å². The van der Waals surface area contributed by atoms with E-state index in [1.807, 2.05) is 30.3 Å². The van der Waals surface area contributed by atoms with Crippen molar-refractivity contribution in [2.75, 3.05) is 9.96 Å². The van der Waals surface area contributed by atoms with Gasteiger partial charge in [0.05, 0.1) is 17.4 Å². The molecule has 2 fully saturated rings. The number of benzene rings is 3. The van der Waals surface area contributed by atoms with E-state index in [2.05, 4.69) is 0 Å². The van der Waals surface area contributed by atoms with Crippen molar-refractivity contribution in [3.05, 3.63) is 95.3 Å². The molecule has 0 spiro atoms. The van der Waals surface area contributed by atoms with E-state index in [9.17, 15) is 14.0 Å². The first-order chi connectivity index (χ1) is 14.5. The number of imide groups is 1. The van der Waals surface area contributed by atoms with Crippen LogP contribution in [0.25, 0.3) is 0 Å². The summed E-state index contributed by atoms with van der Waals surface area (Å²) in [7, 11) is 0. The molecule has 150 valence electrons. The zero-order valence-electron chi connectivity index (χ0n) is 15.6. The Morgan fingerprint density at radius 3 is 2.27 bits per heavy atom. The first-order valence-corrected chi connectivity index (χ1v) is 9.82. The fourth-order valence-corrected chi connectivity index (χ4v) is 4.21. The monoisotopic (exact) mass is 422 g/mol. The number of fused-ring (bicyclic) bond motifs is 1. The number of hydrogen-bond donors (Lipinski definition) is 0. The molecule has 30 heavy (non-hydrogen) atoms. The van der Waals surface area contributed by atoms with E-state index in [1.165, 1.54) is 12.1 Å². The topological polar surface area (TPSA) is 49.9 Å². The molecule has 2 heterocycles. The predicted octanol–water partition coefficient (Wildman–Crippen LogP) is 4.53. The SMILES string of the molecule is O=C1[C@@H]2[C@@H](c3cccc(F)c3)N(c3ccccc3)O[C@H]2C(=O)N1c1ccc(Cl)cc1. The van der Waals surface area contributed by atoms with Gasteiger partial charge in [-0.1, -0.05) is 41.9 Å². The van der Waals surface area contributed by atoms with Crippen molar-refractivity contribution in [3.8, 4) is 0 Å². The highest BCUT2D eigenvalue weighted by atomic mass is 35.5. The number of rotatable bonds is 3. The van der Waals surface area contributed by atoms with Crippen molar-refractivity contribution in [1.82, 2.24) is 0 Å². The molecule has 5 nitrogen and oxygen atoms in total. The molecule has 0 aliphatic carbocycles. The minimum Gasteiger partial charge on any atom is -0.273 e. The van der Waals surface area contributed by atoms with Crippen LogP contribution >= 0.6 is 11.6 Å². The van der Waals surface area contributed by atoms with Crippen LogP contribution in [0, 0.1) is 11.7 Å². The summed E-state index contributed by atoms with van der Waals surface area (Å²) in [5.41, 5.74) is 1.67. The summed E-state index contributed by atoms with van der Waals surface area (Å²) in [6.45, 7) is 0. The maximum atomic E-state index is 14.0. The Kier molecular flexibility index (Phi) is 4.53. The predicted molar refractivity (Wildman–Crippen MR) is 110 cm³/mol. The van der Waals surface area contributed by atoms with Gasteiger partial charge in [0.25, 0.3) is 5.91 Å². The van der Waals surface area contributed by atoms with Gasteiger partial charge < -0.3 is 0 Å². The average Bonchev–Trinajstić information content (AvgIpc) is 3.26. The first kappa shape index (κ1) is 18.8. The maximum absolute atomic E-state index is 14.0. The Morgan fingerprint density at radius 2 is 1.57 bits per heavy atom. The van der Waals surface area contributed by atoms with Gasteiger partial charge in [0, 0.05) is 5.02 Å². The normalized spacial score (nSPS) is 23.2. The second-order valence-electron chi connectivity index (χ2n) is 7.20. The van der Waals surface area contributed by atoms with Crippen molar-refractivity contribution >= 4 is 34.8 Å². The number of nitrogens with zero attached hydrogens (tertiary/aromatic N) is 2. The molecular formula is C23H16ClFN2O3. The highest BCUT2D eigenvalue weighted by Gasteiger charge is 2.60. The van der Waals surface area contributed by atoms with Crippen molar-refractivity contribution in [2.45, 2.75) is 12.1 Å². The third-order valence-electron chi connectivity index (χ3n) is 5.40. The Bertz CT molecular complexity index is 1120. The molecule has 2 aliphatic heterocycles. The Morgan fingerprint density at radius 1 is 0.833 bits per heavy atom. The molecule has 0 unspecified atom stereocenters. The van der Waals surface area contributed by atoms with Crippen LogP contribution in [0.15, 0.2) is 78.9 Å². The summed E-state index contributed by atoms with van der Waals surface area (Å²) < 4.78 is 14.0. The smallest absolute Gasteiger partial charge is 0.266 e. The largest absolute Gasteiger partial charge is 0.273 e. The molecule has 0 bridgehead atoms. The third-order valence-corrected chi connectivity index (χ3v) is 5.65. The van der Waals surface area contributed by atoms with E-state index < -0.39 is 29.8 Å². The van der Waals surface area contributed by atoms with Crippen LogP contribution in [0.2, 0.25) is 5.02 Å². The molecule has 0 aromatic heterocycles. The number of carbonyl (C=O) groups is 2. The van der Waals surface area contributed by atoms with Crippen molar-refractivity contribution in [2.24, 2.45) is 5.92 Å². The molecule has 5 rings (SSSR count). The average molecular weight is 423 g/mol. The summed E-state index contributed by atoms with van der Waals surface area (Å²) >= 11 is 5.94. The van der Waals surface area contributed by atoms with Gasteiger partial charge in [-0.3, -0.25) is 14.4 Å². The first-order valence-electron chi connectivity index (χ1n) is 9.44. The fraction of sp³-hybridized carbons (Fsp3) is 0.130. The van der Waals surface area contributed by atoms with Crippen LogP contribution < -0.4 is 9.96 Å². The number of halogens is 2. The van der Waals surface area contributed by atoms with Gasteiger partial charge in [-0.05, 0) is 54.1 Å². The lowest BCUT2D eigenvalue weighted by molar-refractivity contribution is -0.126. The summed E-state index contributed by atoms with van der Waals surface area (Å²) in [5, 5.41) is 2.04. The van der Waals surface area contributed by atoms with E-state index in [0.717, 1.165) is 4.90 Å². The van der Waals surface area contributed by atoms with Gasteiger partial charge in [-0.25, -0.2) is 14.4 Å². The van der Waals surface area contributed by atoms with Gasteiger partial charge in [0.15, 0.2) is 6.10 Å². The van der Waals surface area contributed by atoms with Crippen molar-refractivity contribution < 1.29 is 18.8 Å². The zero-order valence-corrected chi connectivity index (χ0v) is 16.4. The fourth-order valence-electron chi connectivity index (χ4n) is 4.09. The van der Waals surface area contributed by atoms with Crippen LogP contribution in [0.1, 0.15) is 11.6 Å². The number of para-hydroxylation sites is 1. The van der Waals surface area contributed by atoms with Crippen LogP contribution in [-0.4, -0.2) is 17.9 Å². The summed E-state index contributed by atoms with van der Waals surface area (Å²) in [5.74, 6) is -2.07. The van der Waals surface area contributed by atoms with E-state index >= 15 is 0 Å². The standard InChI is InChI=1S/C23H16ClFN2O3/c24-15-9-11-17(12-10-15)26-22(28)19-20(14-5-4-6-16(25)13-14)27(30-21(19)23(26)29)18-7-2-1-3-8-18/h1-13,19-21H/t19-,20-,21-/m1/s1. The molecule has 2 amide bonds. The maximum Gasteiger partial charge on any atom is 0.266 e. The van der Waals surface area contributed by atoms with Crippen LogP contribution in [0.4, 0.5) is 15.8 Å². The highest BCUT2D eigenvalue weighted by Crippen LogP contribution is 2.47. The van der Waals surface area contributed by atoms with E-state index in [0.29, 0.717) is 22.0 Å². The highest BCUT2D eigenvalue weighted by molar-refractivity contribution is 6.31. The minimum absolute atomic E-state index is 0.389. The van der Waals surface area contributed by atoms with Crippen LogP contribution in [0.5, 0.6) is 0 Å². The molecule has 7 heteroatoms. The quantitative estimate of drug-likeness (QED) is 0.582.